The van der Waals surface area contributed by atoms with E-state index >= 15 is 0 Å². The van der Waals surface area contributed by atoms with Crippen LogP contribution in [0.3, 0.4) is 0 Å². The van der Waals surface area contributed by atoms with E-state index in [1.54, 1.807) is 0 Å². The minimum absolute atomic E-state index is 0.124. The van der Waals surface area contributed by atoms with Gasteiger partial charge >= 0.3 is 0 Å². The van der Waals surface area contributed by atoms with Crippen LogP contribution in [-0.4, -0.2) is 22.2 Å². The summed E-state index contributed by atoms with van der Waals surface area (Å²) < 4.78 is 5.35. The van der Waals surface area contributed by atoms with Crippen LogP contribution < -0.4 is 0 Å². The molecule has 0 aliphatic carbocycles. The topological polar surface area (TPSA) is 41.2 Å². The number of rotatable bonds is 3. The Bertz CT molecular complexity index is 452. The van der Waals surface area contributed by atoms with Gasteiger partial charge in [0.1, 0.15) is 5.82 Å². The van der Waals surface area contributed by atoms with Crippen molar-refractivity contribution in [3.63, 3.8) is 0 Å². The van der Waals surface area contributed by atoms with Crippen molar-refractivity contribution in [2.24, 2.45) is 0 Å². The average molecular weight is 202 g/mol. The van der Waals surface area contributed by atoms with Crippen LogP contribution in [0.25, 0.3) is 11.0 Å². The largest absolute Gasteiger partial charge is 0.370 e. The molecule has 1 fully saturated rings. The first-order chi connectivity index (χ1) is 7.25. The van der Waals surface area contributed by atoms with Gasteiger partial charge in [-0.3, -0.25) is 0 Å². The number of hydrogen-bond donors (Lipinski definition) is 1. The highest BCUT2D eigenvalue weighted by Crippen LogP contribution is 2.30. The highest BCUT2D eigenvalue weighted by Gasteiger charge is 2.38. The van der Waals surface area contributed by atoms with Gasteiger partial charge < -0.3 is 9.72 Å². The summed E-state index contributed by atoms with van der Waals surface area (Å²) in [5.41, 5.74) is 2.29. The first kappa shape index (κ1) is 8.92. The Morgan fingerprint density at radius 1 is 1.47 bits per heavy atom. The molecule has 1 aromatic carbocycles. The Morgan fingerprint density at radius 3 is 3.00 bits per heavy atom. The van der Waals surface area contributed by atoms with E-state index in [-0.39, 0.29) is 5.60 Å². The monoisotopic (exact) mass is 202 g/mol. The predicted molar refractivity (Wildman–Crippen MR) is 58.8 cm³/mol. The molecule has 78 valence electrons. The summed E-state index contributed by atoms with van der Waals surface area (Å²) in [6, 6.07) is 8.12. The number of nitrogens with one attached hydrogen (secondary N) is 1. The maximum atomic E-state index is 5.35. The number of imidazole rings is 1. The molecule has 1 N–H and O–H groups in total. The Morgan fingerprint density at radius 2 is 2.27 bits per heavy atom. The van der Waals surface area contributed by atoms with Crippen LogP contribution in [0, 0.1) is 0 Å². The number of aromatic amines is 1. The molecule has 0 amide bonds. The minimum atomic E-state index is 0.124. The molecule has 2 aromatic rings. The van der Waals surface area contributed by atoms with E-state index in [9.17, 15) is 0 Å². The van der Waals surface area contributed by atoms with Crippen LogP contribution in [-0.2, 0) is 11.2 Å². The Hall–Kier alpha value is -1.35. The molecule has 0 bridgehead atoms. The lowest BCUT2D eigenvalue weighted by Gasteiger charge is -2.01. The number of nitrogens with zero attached hydrogens (tertiary/aromatic N) is 1. The van der Waals surface area contributed by atoms with Gasteiger partial charge in [-0.25, -0.2) is 4.98 Å². The van der Waals surface area contributed by atoms with Crippen molar-refractivity contribution in [1.82, 2.24) is 9.97 Å². The van der Waals surface area contributed by atoms with E-state index in [2.05, 4.69) is 23.0 Å². The van der Waals surface area contributed by atoms with Crippen molar-refractivity contribution in [2.75, 3.05) is 6.61 Å². The molecule has 0 saturated carbocycles. The number of ether oxygens (including phenoxy) is 1. The van der Waals surface area contributed by atoms with Gasteiger partial charge in [-0.1, -0.05) is 12.1 Å². The quantitative estimate of drug-likeness (QED) is 0.776. The van der Waals surface area contributed by atoms with E-state index in [0.717, 1.165) is 36.3 Å². The third-order valence-corrected chi connectivity index (χ3v) is 2.97. The number of benzene rings is 1. The molecule has 2 heterocycles. The molecule has 3 rings (SSSR count). The molecule has 15 heavy (non-hydrogen) atoms. The fourth-order valence-corrected chi connectivity index (χ4v) is 1.77. The lowest BCUT2D eigenvalue weighted by Crippen LogP contribution is -2.06. The molecule has 0 spiro atoms. The van der Waals surface area contributed by atoms with E-state index < -0.39 is 0 Å². The average Bonchev–Trinajstić information content (AvgIpc) is 2.83. The van der Waals surface area contributed by atoms with Gasteiger partial charge in [0.05, 0.1) is 23.2 Å². The zero-order chi connectivity index (χ0) is 10.3. The van der Waals surface area contributed by atoms with Crippen molar-refractivity contribution >= 4 is 11.0 Å². The van der Waals surface area contributed by atoms with Gasteiger partial charge in [0, 0.05) is 6.42 Å². The third kappa shape index (κ3) is 1.75. The molecule has 1 aliphatic rings. The number of aryl methyl sites for hydroxylation is 1. The lowest BCUT2D eigenvalue weighted by molar-refractivity contribution is 0.308. The Kier molecular flexibility index (Phi) is 1.83. The van der Waals surface area contributed by atoms with E-state index in [4.69, 9.17) is 4.74 Å². The normalized spacial score (nSPS) is 24.6. The van der Waals surface area contributed by atoms with E-state index in [1.165, 1.54) is 0 Å². The molecule has 1 saturated heterocycles. The molecule has 3 heteroatoms. The van der Waals surface area contributed by atoms with E-state index in [1.807, 2.05) is 18.2 Å². The highest BCUT2D eigenvalue weighted by molar-refractivity contribution is 5.74. The summed E-state index contributed by atoms with van der Waals surface area (Å²) in [6.07, 6.45) is 2.01. The van der Waals surface area contributed by atoms with Gasteiger partial charge in [-0.15, -0.1) is 0 Å². The van der Waals surface area contributed by atoms with Gasteiger partial charge in [0.15, 0.2) is 0 Å². The second kappa shape index (κ2) is 3.07. The zero-order valence-corrected chi connectivity index (χ0v) is 8.79. The third-order valence-electron chi connectivity index (χ3n) is 2.97. The summed E-state index contributed by atoms with van der Waals surface area (Å²) in [4.78, 5) is 7.86. The summed E-state index contributed by atoms with van der Waals surface area (Å²) in [7, 11) is 0. The number of H-pyrrole nitrogens is 1. The van der Waals surface area contributed by atoms with Gasteiger partial charge in [0.2, 0.25) is 0 Å². The second-order valence-electron chi connectivity index (χ2n) is 4.44. The van der Waals surface area contributed by atoms with Crippen LogP contribution >= 0.6 is 0 Å². The zero-order valence-electron chi connectivity index (χ0n) is 8.79. The standard InChI is InChI=1S/C12H14N2O/c1-12(8-15-12)7-6-11-13-9-4-2-3-5-10(9)14-11/h2-5H,6-8H2,1H3,(H,13,14). The molecule has 1 aliphatic heterocycles. The number of fused-ring (bicyclic) bond motifs is 1. The van der Waals surface area contributed by atoms with Crippen LogP contribution in [0.1, 0.15) is 19.2 Å². The predicted octanol–water partition coefficient (Wildman–Crippen LogP) is 2.28. The van der Waals surface area contributed by atoms with Gasteiger partial charge in [-0.2, -0.15) is 0 Å². The van der Waals surface area contributed by atoms with Crippen LogP contribution in [0.5, 0.6) is 0 Å². The van der Waals surface area contributed by atoms with Crippen molar-refractivity contribution in [2.45, 2.75) is 25.4 Å². The lowest BCUT2D eigenvalue weighted by atomic mass is 10.1. The molecular formula is C12H14N2O. The van der Waals surface area contributed by atoms with Crippen LogP contribution in [0.15, 0.2) is 24.3 Å². The molecule has 1 unspecified atom stereocenters. The number of epoxide rings is 1. The molecule has 1 aromatic heterocycles. The maximum absolute atomic E-state index is 5.35. The summed E-state index contributed by atoms with van der Waals surface area (Å²) in [5, 5.41) is 0. The summed E-state index contributed by atoms with van der Waals surface area (Å²) in [6.45, 7) is 3.04. The van der Waals surface area contributed by atoms with Crippen molar-refractivity contribution < 1.29 is 4.74 Å². The summed E-state index contributed by atoms with van der Waals surface area (Å²) >= 11 is 0. The van der Waals surface area contributed by atoms with Gasteiger partial charge in [0.25, 0.3) is 0 Å². The van der Waals surface area contributed by atoms with Crippen LogP contribution in [0.2, 0.25) is 0 Å². The Balaban J connectivity index is 1.79. The number of aromatic nitrogens is 2. The fraction of sp³-hybridized carbons (Fsp3) is 0.417. The first-order valence-corrected chi connectivity index (χ1v) is 5.33. The minimum Gasteiger partial charge on any atom is -0.370 e. The molecule has 1 atom stereocenters. The van der Waals surface area contributed by atoms with Crippen LogP contribution in [0.4, 0.5) is 0 Å². The SMILES string of the molecule is CC1(CCc2nc3ccccc3[nH]2)CO1. The number of hydrogen-bond acceptors (Lipinski definition) is 2. The molecular weight excluding hydrogens is 188 g/mol. The number of para-hydroxylation sites is 2. The van der Waals surface area contributed by atoms with Crippen molar-refractivity contribution in [3.05, 3.63) is 30.1 Å². The van der Waals surface area contributed by atoms with Crippen molar-refractivity contribution in [1.29, 1.82) is 0 Å². The smallest absolute Gasteiger partial charge is 0.107 e. The Labute approximate surface area is 88.5 Å². The first-order valence-electron chi connectivity index (χ1n) is 5.33. The van der Waals surface area contributed by atoms with Gasteiger partial charge in [-0.05, 0) is 25.5 Å². The van der Waals surface area contributed by atoms with E-state index in [0.29, 0.717) is 0 Å². The second-order valence-corrected chi connectivity index (χ2v) is 4.44. The fourth-order valence-electron chi connectivity index (χ4n) is 1.77. The van der Waals surface area contributed by atoms with Crippen molar-refractivity contribution in [3.8, 4) is 0 Å². The maximum Gasteiger partial charge on any atom is 0.107 e. The highest BCUT2D eigenvalue weighted by atomic mass is 16.6. The summed E-state index contributed by atoms with van der Waals surface area (Å²) in [5.74, 6) is 1.06. The molecule has 3 nitrogen and oxygen atoms in total. The molecule has 0 radical (unpaired) electrons.